The van der Waals surface area contributed by atoms with Crippen LogP contribution in [0.3, 0.4) is 0 Å². The quantitative estimate of drug-likeness (QED) is 0.907. The van der Waals surface area contributed by atoms with Gasteiger partial charge in [0.2, 0.25) is 0 Å². The second kappa shape index (κ2) is 6.05. The highest BCUT2D eigenvalue weighted by Gasteiger charge is 2.12. The number of rotatable bonds is 5. The maximum absolute atomic E-state index is 5.95. The zero-order valence-corrected chi connectivity index (χ0v) is 12.4. The zero-order valence-electron chi connectivity index (χ0n) is 12.4. The van der Waals surface area contributed by atoms with Gasteiger partial charge in [0.15, 0.2) is 12.4 Å². The molecule has 108 valence electrons. The summed E-state index contributed by atoms with van der Waals surface area (Å²) in [5.74, 6) is 2.18. The summed E-state index contributed by atoms with van der Waals surface area (Å²) >= 11 is 0. The van der Waals surface area contributed by atoms with Gasteiger partial charge in [0.25, 0.3) is 5.89 Å². The number of aryl methyl sites for hydroxylation is 1. The molecule has 0 unspecified atom stereocenters. The smallest absolute Gasteiger partial charge is 0.264 e. The Bertz CT molecular complexity index is 576. The first kappa shape index (κ1) is 14.5. The first-order chi connectivity index (χ1) is 9.47. The molecule has 5 nitrogen and oxygen atoms in total. The highest BCUT2D eigenvalue weighted by molar-refractivity contribution is 5.38. The standard InChI is InChI=1S/C15H21N3O2/c1-9(2)15-17-14(20-18-15)8-19-13-7-10(3)5-6-12(13)11(4)16/h5-7,9,11H,8,16H2,1-4H3/t11-/m1/s1. The summed E-state index contributed by atoms with van der Waals surface area (Å²) in [5.41, 5.74) is 8.04. The number of nitrogens with two attached hydrogens (primary N) is 1. The molecule has 0 aliphatic rings. The van der Waals surface area contributed by atoms with Gasteiger partial charge in [-0.25, -0.2) is 0 Å². The van der Waals surface area contributed by atoms with Crippen LogP contribution in [-0.2, 0) is 6.61 Å². The minimum atomic E-state index is -0.0838. The summed E-state index contributed by atoms with van der Waals surface area (Å²) in [7, 11) is 0. The molecule has 2 aromatic rings. The van der Waals surface area contributed by atoms with Gasteiger partial charge in [0, 0.05) is 17.5 Å². The van der Waals surface area contributed by atoms with Crippen LogP contribution in [0.4, 0.5) is 0 Å². The van der Waals surface area contributed by atoms with Crippen molar-refractivity contribution in [3.05, 3.63) is 41.0 Å². The summed E-state index contributed by atoms with van der Waals surface area (Å²) in [5, 5.41) is 3.91. The molecule has 0 aliphatic carbocycles. The molecule has 20 heavy (non-hydrogen) atoms. The van der Waals surface area contributed by atoms with Crippen LogP contribution in [0.2, 0.25) is 0 Å². The zero-order chi connectivity index (χ0) is 14.7. The van der Waals surface area contributed by atoms with Crippen LogP contribution in [0.25, 0.3) is 0 Å². The summed E-state index contributed by atoms with van der Waals surface area (Å²) in [6.45, 7) is 8.24. The maximum atomic E-state index is 5.95. The number of aromatic nitrogens is 2. The molecule has 1 atom stereocenters. The Hall–Kier alpha value is -1.88. The SMILES string of the molecule is Cc1ccc([C@@H](C)N)c(OCc2nc(C(C)C)no2)c1. The van der Waals surface area contributed by atoms with E-state index in [4.69, 9.17) is 15.0 Å². The summed E-state index contributed by atoms with van der Waals surface area (Å²) < 4.78 is 10.9. The second-order valence-electron chi connectivity index (χ2n) is 5.32. The molecule has 5 heteroatoms. The molecule has 0 saturated carbocycles. The van der Waals surface area contributed by atoms with E-state index in [-0.39, 0.29) is 18.6 Å². The van der Waals surface area contributed by atoms with Crippen molar-refractivity contribution >= 4 is 0 Å². The van der Waals surface area contributed by atoms with E-state index in [9.17, 15) is 0 Å². The molecule has 2 N–H and O–H groups in total. The predicted octanol–water partition coefficient (Wildman–Crippen LogP) is 3.10. The highest BCUT2D eigenvalue weighted by atomic mass is 16.5. The summed E-state index contributed by atoms with van der Waals surface area (Å²) in [4.78, 5) is 4.29. The van der Waals surface area contributed by atoms with Gasteiger partial charge in [-0.15, -0.1) is 0 Å². The van der Waals surface area contributed by atoms with Crippen LogP contribution in [0.5, 0.6) is 5.75 Å². The largest absolute Gasteiger partial charge is 0.483 e. The molecule has 0 radical (unpaired) electrons. The van der Waals surface area contributed by atoms with Crippen LogP contribution in [0.15, 0.2) is 22.7 Å². The van der Waals surface area contributed by atoms with E-state index < -0.39 is 0 Å². The molecule has 0 amide bonds. The number of ether oxygens (including phenoxy) is 1. The molecule has 1 heterocycles. The summed E-state index contributed by atoms with van der Waals surface area (Å²) in [6, 6.07) is 5.90. The first-order valence-electron chi connectivity index (χ1n) is 6.78. The van der Waals surface area contributed by atoms with Gasteiger partial charge >= 0.3 is 0 Å². The average molecular weight is 275 g/mol. The van der Waals surface area contributed by atoms with Gasteiger partial charge < -0.3 is 15.0 Å². The topological polar surface area (TPSA) is 74.2 Å². The van der Waals surface area contributed by atoms with Crippen molar-refractivity contribution in [1.82, 2.24) is 10.1 Å². The van der Waals surface area contributed by atoms with Gasteiger partial charge in [0.1, 0.15) is 5.75 Å². The molecular weight excluding hydrogens is 254 g/mol. The fourth-order valence-electron chi connectivity index (χ4n) is 1.84. The fraction of sp³-hybridized carbons (Fsp3) is 0.467. The van der Waals surface area contributed by atoms with Gasteiger partial charge in [-0.05, 0) is 25.5 Å². The van der Waals surface area contributed by atoms with E-state index >= 15 is 0 Å². The predicted molar refractivity (Wildman–Crippen MR) is 76.5 cm³/mol. The molecule has 0 fully saturated rings. The summed E-state index contributed by atoms with van der Waals surface area (Å²) in [6.07, 6.45) is 0. The Morgan fingerprint density at radius 1 is 1.30 bits per heavy atom. The molecule has 1 aromatic carbocycles. The second-order valence-corrected chi connectivity index (χ2v) is 5.32. The highest BCUT2D eigenvalue weighted by Crippen LogP contribution is 2.26. The average Bonchev–Trinajstić information content (AvgIpc) is 2.85. The number of hydrogen-bond acceptors (Lipinski definition) is 5. The van der Waals surface area contributed by atoms with Crippen molar-refractivity contribution in [3.8, 4) is 5.75 Å². The maximum Gasteiger partial charge on any atom is 0.264 e. The molecule has 2 rings (SSSR count). The third-order valence-electron chi connectivity index (χ3n) is 3.01. The molecule has 0 bridgehead atoms. The fourth-order valence-corrected chi connectivity index (χ4v) is 1.84. The van der Waals surface area contributed by atoms with Gasteiger partial charge in [-0.2, -0.15) is 4.98 Å². The normalized spacial score (nSPS) is 12.7. The third kappa shape index (κ3) is 3.36. The van der Waals surface area contributed by atoms with Crippen molar-refractivity contribution in [2.24, 2.45) is 5.73 Å². The lowest BCUT2D eigenvalue weighted by Crippen LogP contribution is -2.08. The Balaban J connectivity index is 2.11. The van der Waals surface area contributed by atoms with Crippen molar-refractivity contribution in [2.75, 3.05) is 0 Å². The molecular formula is C15H21N3O2. The number of hydrogen-bond donors (Lipinski definition) is 1. The monoisotopic (exact) mass is 275 g/mol. The Labute approximate surface area is 119 Å². The van der Waals surface area contributed by atoms with Gasteiger partial charge in [-0.3, -0.25) is 0 Å². The van der Waals surface area contributed by atoms with Crippen molar-refractivity contribution in [1.29, 1.82) is 0 Å². The third-order valence-corrected chi connectivity index (χ3v) is 3.01. The van der Waals surface area contributed by atoms with Crippen molar-refractivity contribution in [3.63, 3.8) is 0 Å². The molecule has 0 aliphatic heterocycles. The lowest BCUT2D eigenvalue weighted by atomic mass is 10.1. The minimum Gasteiger partial charge on any atom is -0.483 e. The van der Waals surface area contributed by atoms with Crippen LogP contribution in [0.1, 0.15) is 55.6 Å². The Morgan fingerprint density at radius 3 is 2.65 bits per heavy atom. The number of nitrogens with zero attached hydrogens (tertiary/aromatic N) is 2. The van der Waals surface area contributed by atoms with E-state index in [1.807, 2.05) is 45.9 Å². The van der Waals surface area contributed by atoms with E-state index in [1.54, 1.807) is 0 Å². The Kier molecular flexibility index (Phi) is 4.39. The lowest BCUT2D eigenvalue weighted by molar-refractivity contribution is 0.239. The lowest BCUT2D eigenvalue weighted by Gasteiger charge is -2.13. The van der Waals surface area contributed by atoms with Crippen molar-refractivity contribution in [2.45, 2.75) is 46.3 Å². The van der Waals surface area contributed by atoms with E-state index in [0.717, 1.165) is 16.9 Å². The molecule has 0 spiro atoms. The van der Waals surface area contributed by atoms with Crippen LogP contribution >= 0.6 is 0 Å². The molecule has 1 aromatic heterocycles. The van der Waals surface area contributed by atoms with Crippen LogP contribution < -0.4 is 10.5 Å². The van der Waals surface area contributed by atoms with E-state index in [0.29, 0.717) is 11.7 Å². The van der Waals surface area contributed by atoms with Crippen LogP contribution in [0, 0.1) is 6.92 Å². The van der Waals surface area contributed by atoms with Gasteiger partial charge in [-0.1, -0.05) is 31.1 Å². The van der Waals surface area contributed by atoms with Gasteiger partial charge in [0.05, 0.1) is 0 Å². The van der Waals surface area contributed by atoms with E-state index in [2.05, 4.69) is 10.1 Å². The first-order valence-corrected chi connectivity index (χ1v) is 6.78. The minimum absolute atomic E-state index is 0.0838. The van der Waals surface area contributed by atoms with Crippen LogP contribution in [-0.4, -0.2) is 10.1 Å². The van der Waals surface area contributed by atoms with E-state index in [1.165, 1.54) is 0 Å². The van der Waals surface area contributed by atoms with Crippen molar-refractivity contribution < 1.29 is 9.26 Å². The molecule has 0 saturated heterocycles. The number of benzene rings is 1. The Morgan fingerprint density at radius 2 is 2.05 bits per heavy atom.